The van der Waals surface area contributed by atoms with Gasteiger partial charge in [-0.3, -0.25) is 9.59 Å². The number of unbranched alkanes of at least 4 members (excludes halogenated alkanes) is 1. The Kier molecular flexibility index (Phi) is 9.34. The van der Waals surface area contributed by atoms with Gasteiger partial charge in [0.05, 0.1) is 29.4 Å². The molecule has 0 spiro atoms. The van der Waals surface area contributed by atoms with Crippen LogP contribution in [0.5, 0.6) is 0 Å². The summed E-state index contributed by atoms with van der Waals surface area (Å²) in [5, 5.41) is 11.0. The van der Waals surface area contributed by atoms with E-state index >= 15 is 0 Å². The number of amides is 1. The topological polar surface area (TPSA) is 91.8 Å². The van der Waals surface area contributed by atoms with Crippen LogP contribution in [0, 0.1) is 11.3 Å². The first-order valence-corrected chi connectivity index (χ1v) is 16.3. The lowest BCUT2D eigenvalue weighted by Gasteiger charge is -2.53. The molecule has 212 valence electrons. The highest BCUT2D eigenvalue weighted by atomic mass is 35.5. The molecule has 4 rings (SSSR count). The summed E-state index contributed by atoms with van der Waals surface area (Å²) in [5.41, 5.74) is 0.572. The van der Waals surface area contributed by atoms with Gasteiger partial charge in [-0.25, -0.2) is 8.42 Å². The zero-order chi connectivity index (χ0) is 28.4. The molecule has 2 aromatic carbocycles. The Hall–Kier alpha value is -2.09. The van der Waals surface area contributed by atoms with E-state index in [1.807, 2.05) is 44.2 Å². The number of piperidine rings is 1. The molecule has 1 aliphatic carbocycles. The largest absolute Gasteiger partial charge is 0.481 e. The number of hydrogen-bond donors (Lipinski definition) is 1. The summed E-state index contributed by atoms with van der Waals surface area (Å²) in [6.07, 6.45) is 3.34. The van der Waals surface area contributed by atoms with E-state index < -0.39 is 33.3 Å². The Labute approximate surface area is 241 Å². The van der Waals surface area contributed by atoms with Crippen LogP contribution in [0.2, 0.25) is 10.0 Å². The van der Waals surface area contributed by atoms with Crippen LogP contribution in [0.15, 0.2) is 48.5 Å². The molecule has 0 aromatic heterocycles. The van der Waals surface area contributed by atoms with Crippen molar-refractivity contribution in [2.45, 2.75) is 76.8 Å². The van der Waals surface area contributed by atoms with Gasteiger partial charge >= 0.3 is 5.97 Å². The van der Waals surface area contributed by atoms with Gasteiger partial charge in [-0.05, 0) is 73.4 Å². The van der Waals surface area contributed by atoms with Gasteiger partial charge in [0, 0.05) is 22.0 Å². The number of nitrogens with zero attached hydrogens (tertiary/aromatic N) is 1. The van der Waals surface area contributed by atoms with Crippen molar-refractivity contribution in [1.82, 2.24) is 4.90 Å². The summed E-state index contributed by atoms with van der Waals surface area (Å²) >= 11 is 12.7. The first-order valence-electron chi connectivity index (χ1n) is 13.8. The van der Waals surface area contributed by atoms with Crippen LogP contribution in [0.1, 0.15) is 81.9 Å². The fourth-order valence-corrected chi connectivity index (χ4v) is 8.32. The van der Waals surface area contributed by atoms with Gasteiger partial charge in [-0.2, -0.15) is 0 Å². The fraction of sp³-hybridized carbons (Fsp3) is 0.533. The van der Waals surface area contributed by atoms with Crippen molar-refractivity contribution in [3.8, 4) is 0 Å². The lowest BCUT2D eigenvalue weighted by Crippen LogP contribution is -2.59. The first-order chi connectivity index (χ1) is 18.5. The van der Waals surface area contributed by atoms with Gasteiger partial charge in [0.2, 0.25) is 5.91 Å². The third kappa shape index (κ3) is 6.80. The van der Waals surface area contributed by atoms with Crippen molar-refractivity contribution in [2.75, 3.05) is 11.5 Å². The van der Waals surface area contributed by atoms with Crippen molar-refractivity contribution in [1.29, 1.82) is 0 Å². The van der Waals surface area contributed by atoms with Crippen molar-refractivity contribution >= 4 is 44.9 Å². The maximum atomic E-state index is 14.6. The van der Waals surface area contributed by atoms with Crippen LogP contribution in [0.4, 0.5) is 0 Å². The summed E-state index contributed by atoms with van der Waals surface area (Å²) in [7, 11) is -3.44. The number of carbonyl (C=O) groups is 2. The third-order valence-corrected chi connectivity index (χ3v) is 10.6. The SMILES string of the molecule is CCCCS(=O)(=O)C[C@H](C1CC1)N1C(=O)[C@](CC)(CC(=O)O)C[C@H](c2cccc(Cl)c2)[C@H]1c1ccc(Cl)cc1. The molecule has 0 radical (unpaired) electrons. The normalized spacial score (nSPS) is 24.5. The second-order valence-corrected chi connectivity index (χ2v) is 14.3. The smallest absolute Gasteiger partial charge is 0.304 e. The van der Waals surface area contributed by atoms with Crippen LogP contribution >= 0.6 is 23.2 Å². The van der Waals surface area contributed by atoms with Crippen LogP contribution < -0.4 is 0 Å². The molecule has 1 saturated heterocycles. The molecule has 1 saturated carbocycles. The highest BCUT2D eigenvalue weighted by Gasteiger charge is 2.56. The molecule has 2 aromatic rings. The molecule has 2 fully saturated rings. The molecule has 1 amide bonds. The number of rotatable bonds is 12. The van der Waals surface area contributed by atoms with Gasteiger partial charge in [0.1, 0.15) is 0 Å². The van der Waals surface area contributed by atoms with Crippen molar-refractivity contribution < 1.29 is 23.1 Å². The number of aliphatic carboxylic acids is 1. The minimum atomic E-state index is -3.44. The molecule has 6 nitrogen and oxygen atoms in total. The number of carbonyl (C=O) groups excluding carboxylic acids is 1. The van der Waals surface area contributed by atoms with E-state index in [1.54, 1.807) is 23.1 Å². The molecule has 2 aliphatic rings. The van der Waals surface area contributed by atoms with Crippen LogP contribution in [0.3, 0.4) is 0 Å². The third-order valence-electron chi connectivity index (χ3n) is 8.39. The number of benzene rings is 2. The van der Waals surface area contributed by atoms with E-state index in [0.29, 0.717) is 29.3 Å². The second kappa shape index (κ2) is 12.2. The van der Waals surface area contributed by atoms with E-state index in [1.165, 1.54) is 0 Å². The molecule has 39 heavy (non-hydrogen) atoms. The van der Waals surface area contributed by atoms with Crippen molar-refractivity contribution in [2.24, 2.45) is 11.3 Å². The monoisotopic (exact) mass is 593 g/mol. The minimum Gasteiger partial charge on any atom is -0.481 e. The van der Waals surface area contributed by atoms with Crippen molar-refractivity contribution in [3.63, 3.8) is 0 Å². The molecule has 9 heteroatoms. The van der Waals surface area contributed by atoms with E-state index in [4.69, 9.17) is 23.2 Å². The fourth-order valence-electron chi connectivity index (χ4n) is 6.15. The molecule has 1 heterocycles. The number of carboxylic acid groups (broad SMARTS) is 1. The Morgan fingerprint density at radius 2 is 1.77 bits per heavy atom. The predicted molar refractivity (Wildman–Crippen MR) is 155 cm³/mol. The number of halogens is 2. The highest BCUT2D eigenvalue weighted by molar-refractivity contribution is 7.91. The van der Waals surface area contributed by atoms with Crippen LogP contribution in [-0.4, -0.2) is 47.8 Å². The summed E-state index contributed by atoms with van der Waals surface area (Å²) < 4.78 is 26.6. The summed E-state index contributed by atoms with van der Waals surface area (Å²) in [6, 6.07) is 13.8. The predicted octanol–water partition coefficient (Wildman–Crippen LogP) is 6.92. The Balaban J connectivity index is 1.92. The van der Waals surface area contributed by atoms with Gasteiger partial charge in [0.25, 0.3) is 0 Å². The number of sulfone groups is 1. The lowest BCUT2D eigenvalue weighted by atomic mass is 9.65. The number of likely N-dealkylation sites (tertiary alicyclic amines) is 1. The first kappa shape index (κ1) is 29.9. The van der Waals surface area contributed by atoms with E-state index in [-0.39, 0.29) is 35.7 Å². The summed E-state index contributed by atoms with van der Waals surface area (Å²) in [4.78, 5) is 28.5. The standard InChI is InChI=1S/C30H37Cl2NO5S/c1-3-5-15-39(37,38)19-26(20-9-10-20)33-28(21-11-13-23(31)14-12-21)25(22-7-6-8-24(32)16-22)17-30(4-2,29(33)36)18-27(34)35/h6-8,11-14,16,20,25-26,28H,3-5,9-10,15,17-19H2,1-2H3,(H,34,35)/t25-,26-,28-,30+/m1/s1. The lowest BCUT2D eigenvalue weighted by molar-refractivity contribution is -0.162. The van der Waals surface area contributed by atoms with Crippen LogP contribution in [-0.2, 0) is 19.4 Å². The molecule has 1 N–H and O–H groups in total. The van der Waals surface area contributed by atoms with Gasteiger partial charge in [0.15, 0.2) is 9.84 Å². The Bertz CT molecular complexity index is 1290. The zero-order valence-corrected chi connectivity index (χ0v) is 24.8. The maximum absolute atomic E-state index is 14.6. The molecule has 1 aliphatic heterocycles. The molecular weight excluding hydrogens is 557 g/mol. The van der Waals surface area contributed by atoms with Crippen molar-refractivity contribution in [3.05, 3.63) is 69.7 Å². The molecule has 0 bridgehead atoms. The molecule has 4 atom stereocenters. The van der Waals surface area contributed by atoms with E-state index in [0.717, 1.165) is 30.4 Å². The molecular formula is C30H37Cl2NO5S. The van der Waals surface area contributed by atoms with Crippen LogP contribution in [0.25, 0.3) is 0 Å². The zero-order valence-electron chi connectivity index (χ0n) is 22.5. The van der Waals surface area contributed by atoms with Gasteiger partial charge in [-0.1, -0.05) is 67.7 Å². The average molecular weight is 595 g/mol. The van der Waals surface area contributed by atoms with E-state index in [9.17, 15) is 23.1 Å². The summed E-state index contributed by atoms with van der Waals surface area (Å²) in [6.45, 7) is 3.80. The molecule has 0 unspecified atom stereocenters. The minimum absolute atomic E-state index is 0.0534. The Morgan fingerprint density at radius 1 is 1.08 bits per heavy atom. The summed E-state index contributed by atoms with van der Waals surface area (Å²) in [5.74, 6) is -1.60. The Morgan fingerprint density at radius 3 is 2.33 bits per heavy atom. The average Bonchev–Trinajstić information content (AvgIpc) is 3.73. The van der Waals surface area contributed by atoms with Gasteiger partial charge in [-0.15, -0.1) is 0 Å². The van der Waals surface area contributed by atoms with Gasteiger partial charge < -0.3 is 10.0 Å². The quantitative estimate of drug-likeness (QED) is 0.288. The second-order valence-electron chi connectivity index (χ2n) is 11.2. The number of carboxylic acids is 1. The highest BCUT2D eigenvalue weighted by Crippen LogP contribution is 2.55. The number of hydrogen-bond acceptors (Lipinski definition) is 4. The maximum Gasteiger partial charge on any atom is 0.304 e. The van der Waals surface area contributed by atoms with E-state index in [2.05, 4.69) is 0 Å².